The summed E-state index contributed by atoms with van der Waals surface area (Å²) in [5.74, 6) is 0.875. The SMILES string of the molecule is COc1ccc(CN(C)c2ccc(N)cc2Br)cc1. The Labute approximate surface area is 122 Å². The second-order valence-corrected chi connectivity index (χ2v) is 5.27. The molecular weight excluding hydrogens is 304 g/mol. The predicted octanol–water partition coefficient (Wildman–Crippen LogP) is 3.68. The second-order valence-electron chi connectivity index (χ2n) is 4.41. The fourth-order valence-electron chi connectivity index (χ4n) is 1.92. The highest BCUT2D eigenvalue weighted by Crippen LogP contribution is 2.28. The molecule has 2 N–H and O–H groups in total. The number of nitrogens with two attached hydrogens (primary N) is 1. The standard InChI is InChI=1S/C15H17BrN2O/c1-18(15-8-5-12(17)9-14(15)16)10-11-3-6-13(19-2)7-4-11/h3-9H,10,17H2,1-2H3. The number of hydrogen-bond donors (Lipinski definition) is 1. The maximum Gasteiger partial charge on any atom is 0.118 e. The Bertz CT molecular complexity index is 555. The molecule has 0 heterocycles. The number of nitrogens with zero attached hydrogens (tertiary/aromatic N) is 1. The van der Waals surface area contributed by atoms with Crippen molar-refractivity contribution in [3.63, 3.8) is 0 Å². The van der Waals surface area contributed by atoms with Gasteiger partial charge in [-0.2, -0.15) is 0 Å². The first-order valence-electron chi connectivity index (χ1n) is 5.99. The topological polar surface area (TPSA) is 38.5 Å². The van der Waals surface area contributed by atoms with E-state index in [1.54, 1.807) is 7.11 Å². The van der Waals surface area contributed by atoms with Gasteiger partial charge in [0.1, 0.15) is 5.75 Å². The van der Waals surface area contributed by atoms with Crippen LogP contribution in [0.5, 0.6) is 5.75 Å². The molecule has 0 amide bonds. The minimum atomic E-state index is 0.758. The number of benzene rings is 2. The normalized spacial score (nSPS) is 10.3. The van der Waals surface area contributed by atoms with E-state index in [0.29, 0.717) is 0 Å². The first kappa shape index (κ1) is 13.7. The Morgan fingerprint density at radius 2 is 1.84 bits per heavy atom. The molecule has 0 radical (unpaired) electrons. The lowest BCUT2D eigenvalue weighted by atomic mass is 10.2. The summed E-state index contributed by atoms with van der Waals surface area (Å²) in [6.07, 6.45) is 0. The zero-order valence-corrected chi connectivity index (χ0v) is 12.6. The molecular formula is C15H17BrN2O. The van der Waals surface area contributed by atoms with Crippen LogP contribution in [0.25, 0.3) is 0 Å². The molecule has 0 fully saturated rings. The summed E-state index contributed by atoms with van der Waals surface area (Å²) in [7, 11) is 3.73. The van der Waals surface area contributed by atoms with Crippen molar-refractivity contribution in [3.05, 3.63) is 52.5 Å². The summed E-state index contributed by atoms with van der Waals surface area (Å²) in [6, 6.07) is 13.9. The zero-order valence-electron chi connectivity index (χ0n) is 11.1. The Hall–Kier alpha value is -1.68. The van der Waals surface area contributed by atoms with Crippen LogP contribution in [0.15, 0.2) is 46.9 Å². The number of nitrogen functional groups attached to an aromatic ring is 1. The summed E-state index contributed by atoms with van der Waals surface area (Å²) in [6.45, 7) is 0.826. The summed E-state index contributed by atoms with van der Waals surface area (Å²) < 4.78 is 6.16. The molecule has 0 unspecified atom stereocenters. The van der Waals surface area contributed by atoms with Gasteiger partial charge in [0.05, 0.1) is 12.8 Å². The van der Waals surface area contributed by atoms with E-state index >= 15 is 0 Å². The van der Waals surface area contributed by atoms with Gasteiger partial charge in [0, 0.05) is 23.8 Å². The van der Waals surface area contributed by atoms with Gasteiger partial charge >= 0.3 is 0 Å². The van der Waals surface area contributed by atoms with Gasteiger partial charge in [-0.1, -0.05) is 12.1 Å². The van der Waals surface area contributed by atoms with Crippen molar-refractivity contribution >= 4 is 27.3 Å². The molecule has 4 heteroatoms. The minimum Gasteiger partial charge on any atom is -0.497 e. The quantitative estimate of drug-likeness (QED) is 0.873. The molecule has 0 bridgehead atoms. The van der Waals surface area contributed by atoms with E-state index in [2.05, 4.69) is 40.0 Å². The highest BCUT2D eigenvalue weighted by molar-refractivity contribution is 9.10. The molecule has 3 nitrogen and oxygen atoms in total. The molecule has 0 spiro atoms. The van der Waals surface area contributed by atoms with E-state index < -0.39 is 0 Å². The number of anilines is 2. The van der Waals surface area contributed by atoms with Crippen molar-refractivity contribution < 1.29 is 4.74 Å². The van der Waals surface area contributed by atoms with Crippen LogP contribution in [-0.4, -0.2) is 14.2 Å². The van der Waals surface area contributed by atoms with Crippen molar-refractivity contribution in [1.82, 2.24) is 0 Å². The maximum absolute atomic E-state index is 5.75. The van der Waals surface area contributed by atoms with Crippen LogP contribution in [0.1, 0.15) is 5.56 Å². The van der Waals surface area contributed by atoms with Crippen molar-refractivity contribution in [2.24, 2.45) is 0 Å². The summed E-state index contributed by atoms with van der Waals surface area (Å²) in [5, 5.41) is 0. The fourth-order valence-corrected chi connectivity index (χ4v) is 2.62. The van der Waals surface area contributed by atoms with E-state index in [1.165, 1.54) is 5.56 Å². The van der Waals surface area contributed by atoms with Crippen LogP contribution in [0.2, 0.25) is 0 Å². The number of ether oxygens (including phenoxy) is 1. The predicted molar refractivity (Wildman–Crippen MR) is 83.7 cm³/mol. The second kappa shape index (κ2) is 5.97. The maximum atomic E-state index is 5.75. The van der Waals surface area contributed by atoms with Crippen LogP contribution in [0.4, 0.5) is 11.4 Å². The van der Waals surface area contributed by atoms with Crippen LogP contribution < -0.4 is 15.4 Å². The van der Waals surface area contributed by atoms with E-state index in [-0.39, 0.29) is 0 Å². The molecule has 2 aromatic rings. The first-order valence-corrected chi connectivity index (χ1v) is 6.78. The molecule has 2 aromatic carbocycles. The summed E-state index contributed by atoms with van der Waals surface area (Å²) in [5.41, 5.74) is 8.85. The van der Waals surface area contributed by atoms with Gasteiger partial charge in [-0.15, -0.1) is 0 Å². The van der Waals surface area contributed by atoms with E-state index in [4.69, 9.17) is 10.5 Å². The van der Waals surface area contributed by atoms with Crippen LogP contribution in [0, 0.1) is 0 Å². The first-order chi connectivity index (χ1) is 9.10. The number of hydrogen-bond acceptors (Lipinski definition) is 3. The van der Waals surface area contributed by atoms with Crippen molar-refractivity contribution in [2.45, 2.75) is 6.54 Å². The lowest BCUT2D eigenvalue weighted by Gasteiger charge is -2.21. The van der Waals surface area contributed by atoms with Gasteiger partial charge in [0.2, 0.25) is 0 Å². The van der Waals surface area contributed by atoms with Gasteiger partial charge in [-0.25, -0.2) is 0 Å². The lowest BCUT2D eigenvalue weighted by molar-refractivity contribution is 0.414. The molecule has 0 aliphatic rings. The zero-order chi connectivity index (χ0) is 13.8. The monoisotopic (exact) mass is 320 g/mol. The third-order valence-electron chi connectivity index (χ3n) is 2.96. The van der Waals surface area contributed by atoms with E-state index in [9.17, 15) is 0 Å². The Balaban J connectivity index is 2.13. The summed E-state index contributed by atoms with van der Waals surface area (Å²) >= 11 is 3.54. The van der Waals surface area contributed by atoms with Crippen LogP contribution in [0.3, 0.4) is 0 Å². The molecule has 0 aromatic heterocycles. The molecule has 0 saturated heterocycles. The molecule has 0 aliphatic carbocycles. The largest absolute Gasteiger partial charge is 0.497 e. The minimum absolute atomic E-state index is 0.758. The number of methoxy groups -OCH3 is 1. The van der Waals surface area contributed by atoms with Crippen molar-refractivity contribution in [2.75, 3.05) is 24.8 Å². The fraction of sp³-hybridized carbons (Fsp3) is 0.200. The third-order valence-corrected chi connectivity index (χ3v) is 3.60. The van der Waals surface area contributed by atoms with E-state index in [1.807, 2.05) is 30.3 Å². The van der Waals surface area contributed by atoms with Gasteiger partial charge in [-0.05, 0) is 51.8 Å². The molecule has 19 heavy (non-hydrogen) atoms. The van der Waals surface area contributed by atoms with Crippen LogP contribution >= 0.6 is 15.9 Å². The lowest BCUT2D eigenvalue weighted by Crippen LogP contribution is -2.16. The number of halogens is 1. The molecule has 0 saturated carbocycles. The van der Waals surface area contributed by atoms with Gasteiger partial charge in [0.15, 0.2) is 0 Å². The van der Waals surface area contributed by atoms with Crippen LogP contribution in [-0.2, 0) is 6.54 Å². The molecule has 100 valence electrons. The molecule has 0 atom stereocenters. The van der Waals surface area contributed by atoms with Gasteiger partial charge in [-0.3, -0.25) is 0 Å². The van der Waals surface area contributed by atoms with Gasteiger partial charge in [0.25, 0.3) is 0 Å². The van der Waals surface area contributed by atoms with Crippen molar-refractivity contribution in [3.8, 4) is 5.75 Å². The van der Waals surface area contributed by atoms with Gasteiger partial charge < -0.3 is 15.4 Å². The highest BCUT2D eigenvalue weighted by atomic mass is 79.9. The van der Waals surface area contributed by atoms with E-state index in [0.717, 1.165) is 28.1 Å². The Morgan fingerprint density at radius 3 is 2.42 bits per heavy atom. The number of rotatable bonds is 4. The third kappa shape index (κ3) is 3.41. The summed E-state index contributed by atoms with van der Waals surface area (Å²) in [4.78, 5) is 2.17. The van der Waals surface area contributed by atoms with Crippen molar-refractivity contribution in [1.29, 1.82) is 0 Å². The molecule has 2 rings (SSSR count). The smallest absolute Gasteiger partial charge is 0.118 e. The average Bonchev–Trinajstić information content (AvgIpc) is 2.39. The molecule has 0 aliphatic heterocycles. The average molecular weight is 321 g/mol. The Morgan fingerprint density at radius 1 is 1.16 bits per heavy atom. The highest BCUT2D eigenvalue weighted by Gasteiger charge is 2.06. The Kier molecular flexibility index (Phi) is 4.32.